The molecular formula is C43H37ClFN7O3. The number of nitrogens with zero attached hydrogens (tertiary/aromatic N) is 6. The fourth-order valence-corrected chi connectivity index (χ4v) is 9.03. The second-order valence-corrected chi connectivity index (χ2v) is 14.5. The minimum Gasteiger partial charge on any atom is -0.466 e. The van der Waals surface area contributed by atoms with Gasteiger partial charge in [-0.05, 0) is 61.1 Å². The first kappa shape index (κ1) is 34.8. The summed E-state index contributed by atoms with van der Waals surface area (Å²) in [7, 11) is 0. The number of esters is 1. The first-order valence-corrected chi connectivity index (χ1v) is 19.0. The van der Waals surface area contributed by atoms with Crippen LogP contribution in [-0.4, -0.2) is 48.3 Å². The number of benzene rings is 3. The lowest BCUT2D eigenvalue weighted by atomic mass is 9.61. The molecular weight excluding hydrogens is 717 g/mol. The summed E-state index contributed by atoms with van der Waals surface area (Å²) < 4.78 is 29.9. The maximum Gasteiger partial charge on any atom is 0.311 e. The van der Waals surface area contributed by atoms with Crippen LogP contribution >= 0.6 is 11.6 Å². The van der Waals surface area contributed by atoms with Crippen molar-refractivity contribution in [3.63, 3.8) is 0 Å². The summed E-state index contributed by atoms with van der Waals surface area (Å²) in [5.74, 6) is -0.925. The van der Waals surface area contributed by atoms with Gasteiger partial charge in [0.05, 0.1) is 30.5 Å². The zero-order chi connectivity index (χ0) is 37.5. The molecule has 3 aliphatic carbocycles. The van der Waals surface area contributed by atoms with Crippen LogP contribution < -0.4 is 5.32 Å². The highest BCUT2D eigenvalue weighted by Crippen LogP contribution is 2.48. The molecule has 7 aromatic rings. The molecule has 3 aromatic carbocycles. The molecule has 2 atom stereocenters. The van der Waals surface area contributed by atoms with Crippen molar-refractivity contribution in [1.29, 1.82) is 0 Å². The Bertz CT molecular complexity index is 2360. The summed E-state index contributed by atoms with van der Waals surface area (Å²) in [6.07, 6.45) is 8.58. The van der Waals surface area contributed by atoms with Gasteiger partial charge in [-0.2, -0.15) is 0 Å². The molecule has 10 rings (SSSR count). The average Bonchev–Trinajstić information content (AvgIpc) is 3.90. The second kappa shape index (κ2) is 14.4. The van der Waals surface area contributed by atoms with E-state index >= 15 is 4.39 Å². The van der Waals surface area contributed by atoms with E-state index in [9.17, 15) is 4.79 Å². The van der Waals surface area contributed by atoms with Crippen molar-refractivity contribution in [2.45, 2.75) is 44.2 Å². The lowest BCUT2D eigenvalue weighted by Crippen LogP contribution is -2.52. The molecule has 12 heteroatoms. The highest BCUT2D eigenvalue weighted by atomic mass is 35.5. The van der Waals surface area contributed by atoms with Gasteiger partial charge in [-0.1, -0.05) is 108 Å². The van der Waals surface area contributed by atoms with Crippen molar-refractivity contribution in [1.82, 2.24) is 29.7 Å². The van der Waals surface area contributed by atoms with E-state index in [-0.39, 0.29) is 58.7 Å². The molecule has 3 saturated carbocycles. The Labute approximate surface area is 321 Å². The van der Waals surface area contributed by atoms with Gasteiger partial charge in [0, 0.05) is 18.3 Å². The van der Waals surface area contributed by atoms with Crippen LogP contribution in [0.1, 0.15) is 49.3 Å². The molecule has 1 N–H and O–H groups in total. The molecule has 4 aromatic heterocycles. The van der Waals surface area contributed by atoms with Crippen LogP contribution in [-0.2, 0) is 15.1 Å². The van der Waals surface area contributed by atoms with Crippen molar-refractivity contribution >= 4 is 34.6 Å². The molecule has 0 radical (unpaired) electrons. The van der Waals surface area contributed by atoms with Gasteiger partial charge in [0.25, 0.3) is 0 Å². The van der Waals surface area contributed by atoms with E-state index in [0.717, 1.165) is 42.4 Å². The van der Waals surface area contributed by atoms with Crippen molar-refractivity contribution in [2.24, 2.45) is 17.8 Å². The predicted molar refractivity (Wildman–Crippen MR) is 207 cm³/mol. The van der Waals surface area contributed by atoms with Crippen molar-refractivity contribution in [3.8, 4) is 22.8 Å². The minimum absolute atomic E-state index is 0.0559. The number of rotatable bonds is 10. The number of nitrogens with one attached hydrogen (secondary N) is 1. The molecule has 3 fully saturated rings. The fraction of sp³-hybridized carbons (Fsp3) is 0.256. The first-order chi connectivity index (χ1) is 27.0. The lowest BCUT2D eigenvalue weighted by molar-refractivity contribution is -0.154. The number of halogens is 2. The van der Waals surface area contributed by atoms with Crippen LogP contribution in [0.15, 0.2) is 120 Å². The smallest absolute Gasteiger partial charge is 0.311 e. The monoisotopic (exact) mass is 753 g/mol. The van der Waals surface area contributed by atoms with Gasteiger partial charge in [0.1, 0.15) is 16.2 Å². The Morgan fingerprint density at radius 1 is 0.891 bits per heavy atom. The molecule has 2 bridgehead atoms. The van der Waals surface area contributed by atoms with Gasteiger partial charge >= 0.3 is 5.97 Å². The first-order valence-electron chi connectivity index (χ1n) is 18.6. The zero-order valence-electron chi connectivity index (χ0n) is 30.0. The highest BCUT2D eigenvalue weighted by Gasteiger charge is 2.48. The van der Waals surface area contributed by atoms with E-state index in [2.05, 4.69) is 51.4 Å². The van der Waals surface area contributed by atoms with Crippen LogP contribution in [0.5, 0.6) is 0 Å². The van der Waals surface area contributed by atoms with Gasteiger partial charge < -0.3 is 19.1 Å². The van der Waals surface area contributed by atoms with E-state index in [1.807, 2.05) is 60.8 Å². The maximum absolute atomic E-state index is 16.8. The summed E-state index contributed by atoms with van der Waals surface area (Å²) in [5, 5.41) is 7.41. The third-order valence-electron chi connectivity index (χ3n) is 11.2. The van der Waals surface area contributed by atoms with Crippen LogP contribution in [0.2, 0.25) is 5.15 Å². The molecule has 55 heavy (non-hydrogen) atoms. The average molecular weight is 754 g/mol. The number of aromatic nitrogens is 6. The van der Waals surface area contributed by atoms with E-state index in [1.165, 1.54) is 12.4 Å². The van der Waals surface area contributed by atoms with Crippen molar-refractivity contribution < 1.29 is 18.4 Å². The number of fused-ring (bicyclic) bond motifs is 4. The van der Waals surface area contributed by atoms with Crippen LogP contribution in [0.3, 0.4) is 0 Å². The quantitative estimate of drug-likeness (QED) is 0.108. The molecule has 4 heterocycles. The van der Waals surface area contributed by atoms with Crippen LogP contribution in [0, 0.1) is 23.6 Å². The predicted octanol–water partition coefficient (Wildman–Crippen LogP) is 8.96. The number of carbonyl (C=O) groups is 1. The third-order valence-corrected chi connectivity index (χ3v) is 11.4. The summed E-state index contributed by atoms with van der Waals surface area (Å²) in [6, 6.07) is 31.7. The molecule has 3 aliphatic rings. The second-order valence-electron chi connectivity index (χ2n) is 14.1. The number of ether oxygens (including phenoxy) is 1. The molecule has 0 aliphatic heterocycles. The zero-order valence-corrected chi connectivity index (χ0v) is 30.7. The van der Waals surface area contributed by atoms with E-state index in [0.29, 0.717) is 16.7 Å². The molecule has 0 spiro atoms. The van der Waals surface area contributed by atoms with Gasteiger partial charge in [-0.25, -0.2) is 24.3 Å². The Balaban J connectivity index is 1.29. The molecule has 276 valence electrons. The normalized spacial score (nSPS) is 19.4. The largest absolute Gasteiger partial charge is 0.466 e. The van der Waals surface area contributed by atoms with E-state index < -0.39 is 17.3 Å². The molecule has 0 saturated heterocycles. The molecule has 0 unspecified atom stereocenters. The van der Waals surface area contributed by atoms with Crippen LogP contribution in [0.25, 0.3) is 34.0 Å². The SMILES string of the molecule is CCOC(=O)[C@H]1C2CCC(CC2)[C@@H]1Nc1nc(-c2cn(C(c3ccccc3)(c3ccccc3)c3ccccc3)c3ncc(Cl)nc23)nc(-c2ccno2)c1F. The van der Waals surface area contributed by atoms with Crippen molar-refractivity contribution in [2.75, 3.05) is 11.9 Å². The Hall–Kier alpha value is -5.94. The summed E-state index contributed by atoms with van der Waals surface area (Å²) in [4.78, 5) is 32.8. The van der Waals surface area contributed by atoms with Gasteiger partial charge in [0.2, 0.25) is 0 Å². The third kappa shape index (κ3) is 5.94. The number of carbonyl (C=O) groups excluding carboxylic acids is 1. The minimum atomic E-state index is -0.966. The fourth-order valence-electron chi connectivity index (χ4n) is 8.90. The summed E-state index contributed by atoms with van der Waals surface area (Å²) in [6.45, 7) is 2.07. The number of anilines is 1. The standard InChI is InChI=1S/C43H37ClFN7O3/c1-2-54-42(53)34-26-18-20-27(21-19-26)36(34)49-40-35(45)38(32-22-23-47-55-32)50-39(51-40)31-25-52(41-37(31)48-33(44)24-46-41)43(28-12-6-3-7-13-28,29-14-8-4-9-15-29)30-16-10-5-11-17-30/h3-17,22-27,34,36H,2,18-21H2,1H3,(H,49,50,51)/t26?,27?,34-,36-/m0/s1. The Morgan fingerprint density at radius 3 is 2.09 bits per heavy atom. The highest BCUT2D eigenvalue weighted by molar-refractivity contribution is 6.29. The lowest BCUT2D eigenvalue weighted by Gasteiger charge is -2.47. The van der Waals surface area contributed by atoms with Gasteiger partial charge in [-0.3, -0.25) is 4.79 Å². The molecule has 0 amide bonds. The Kier molecular flexibility index (Phi) is 9.09. The van der Waals surface area contributed by atoms with Crippen molar-refractivity contribution in [3.05, 3.63) is 143 Å². The maximum atomic E-state index is 16.8. The summed E-state index contributed by atoms with van der Waals surface area (Å²) in [5.41, 5.74) is 3.24. The topological polar surface area (TPSA) is 121 Å². The van der Waals surface area contributed by atoms with E-state index in [4.69, 9.17) is 40.8 Å². The van der Waals surface area contributed by atoms with Gasteiger partial charge in [0.15, 0.2) is 34.6 Å². The number of hydrogen-bond acceptors (Lipinski definition) is 9. The van der Waals surface area contributed by atoms with Gasteiger partial charge in [-0.15, -0.1) is 0 Å². The molecule has 10 nitrogen and oxygen atoms in total. The van der Waals surface area contributed by atoms with Crippen LogP contribution in [0.4, 0.5) is 10.2 Å². The van der Waals surface area contributed by atoms with E-state index in [1.54, 1.807) is 13.0 Å². The Morgan fingerprint density at radius 2 is 1.51 bits per heavy atom. The number of hydrogen-bond donors (Lipinski definition) is 1. The summed E-state index contributed by atoms with van der Waals surface area (Å²) >= 11 is 6.59.